The summed E-state index contributed by atoms with van der Waals surface area (Å²) in [4.78, 5) is 14.2. The molecule has 1 aromatic heterocycles. The number of nitrogens with one attached hydrogen (secondary N) is 1. The van der Waals surface area contributed by atoms with E-state index in [4.69, 9.17) is 16.0 Å². The SMILES string of the molecule is O=C1Nc2ccc(Cl)cc2C2(c3ccco3)CCCN12. The number of anilines is 1. The first kappa shape index (κ1) is 11.9. The van der Waals surface area contributed by atoms with Crippen molar-refractivity contribution in [3.8, 4) is 0 Å². The summed E-state index contributed by atoms with van der Waals surface area (Å²) in [7, 11) is 0. The minimum Gasteiger partial charge on any atom is -0.466 e. The summed E-state index contributed by atoms with van der Waals surface area (Å²) in [6.07, 6.45) is 3.44. The fraction of sp³-hybridized carbons (Fsp3) is 0.267. The number of carbonyl (C=O) groups is 1. The van der Waals surface area contributed by atoms with Crippen LogP contribution in [0.25, 0.3) is 0 Å². The number of hydrogen-bond acceptors (Lipinski definition) is 2. The molecule has 1 aromatic carbocycles. The van der Waals surface area contributed by atoms with Gasteiger partial charge in [-0.05, 0) is 43.2 Å². The van der Waals surface area contributed by atoms with Crippen LogP contribution in [0.15, 0.2) is 41.0 Å². The van der Waals surface area contributed by atoms with Gasteiger partial charge in [0.1, 0.15) is 11.3 Å². The summed E-state index contributed by atoms with van der Waals surface area (Å²) < 4.78 is 5.66. The first-order valence-corrected chi connectivity index (χ1v) is 7.02. The number of carbonyl (C=O) groups excluding carboxylic acids is 1. The molecule has 1 N–H and O–H groups in total. The predicted molar refractivity (Wildman–Crippen MR) is 75.9 cm³/mol. The Balaban J connectivity index is 2.03. The van der Waals surface area contributed by atoms with Crippen LogP contribution in [0.3, 0.4) is 0 Å². The lowest BCUT2D eigenvalue weighted by atomic mass is 9.82. The van der Waals surface area contributed by atoms with E-state index in [2.05, 4.69) is 5.32 Å². The highest BCUT2D eigenvalue weighted by Gasteiger charge is 2.52. The molecule has 0 bridgehead atoms. The molecular weight excluding hydrogens is 276 g/mol. The third-order valence-corrected chi connectivity index (χ3v) is 4.46. The Morgan fingerprint density at radius 1 is 1.35 bits per heavy atom. The monoisotopic (exact) mass is 288 g/mol. The van der Waals surface area contributed by atoms with Crippen LogP contribution in [-0.4, -0.2) is 17.5 Å². The molecule has 5 heteroatoms. The van der Waals surface area contributed by atoms with Gasteiger partial charge in [0.2, 0.25) is 0 Å². The van der Waals surface area contributed by atoms with Gasteiger partial charge < -0.3 is 14.6 Å². The van der Waals surface area contributed by atoms with Crippen LogP contribution >= 0.6 is 11.6 Å². The van der Waals surface area contributed by atoms with Crippen molar-refractivity contribution in [2.75, 3.05) is 11.9 Å². The fourth-order valence-electron chi connectivity index (χ4n) is 3.43. The van der Waals surface area contributed by atoms with Crippen LogP contribution in [0.1, 0.15) is 24.2 Å². The average molecular weight is 289 g/mol. The zero-order valence-electron chi connectivity index (χ0n) is 10.7. The van der Waals surface area contributed by atoms with E-state index in [-0.39, 0.29) is 6.03 Å². The average Bonchev–Trinajstić information content (AvgIpc) is 3.09. The molecule has 1 unspecified atom stereocenters. The Kier molecular flexibility index (Phi) is 2.39. The van der Waals surface area contributed by atoms with Crippen molar-refractivity contribution in [2.24, 2.45) is 0 Å². The molecule has 4 nitrogen and oxygen atoms in total. The van der Waals surface area contributed by atoms with Crippen molar-refractivity contribution in [3.63, 3.8) is 0 Å². The van der Waals surface area contributed by atoms with E-state index < -0.39 is 5.54 Å². The second kappa shape index (κ2) is 4.03. The van der Waals surface area contributed by atoms with Crippen LogP contribution in [-0.2, 0) is 5.54 Å². The largest absolute Gasteiger partial charge is 0.466 e. The highest BCUT2D eigenvalue weighted by Crippen LogP contribution is 2.50. The maximum atomic E-state index is 12.4. The Morgan fingerprint density at radius 3 is 3.05 bits per heavy atom. The molecule has 1 saturated heterocycles. The van der Waals surface area contributed by atoms with Crippen molar-refractivity contribution < 1.29 is 9.21 Å². The molecule has 1 fully saturated rings. The number of nitrogens with zero attached hydrogens (tertiary/aromatic N) is 1. The Hall–Kier alpha value is -1.94. The normalized spacial score (nSPS) is 24.2. The number of furan rings is 1. The number of fused-ring (bicyclic) bond motifs is 3. The highest BCUT2D eigenvalue weighted by molar-refractivity contribution is 6.30. The van der Waals surface area contributed by atoms with Crippen LogP contribution in [0, 0.1) is 0 Å². The fourth-order valence-corrected chi connectivity index (χ4v) is 3.60. The van der Waals surface area contributed by atoms with Gasteiger partial charge in [0.15, 0.2) is 0 Å². The molecular formula is C15H13ClN2O2. The van der Waals surface area contributed by atoms with Crippen LogP contribution in [0.4, 0.5) is 10.5 Å². The molecule has 0 spiro atoms. The summed E-state index contributed by atoms with van der Waals surface area (Å²) in [5, 5.41) is 3.60. The molecule has 2 amide bonds. The first-order chi connectivity index (χ1) is 9.72. The van der Waals surface area contributed by atoms with Crippen molar-refractivity contribution in [1.82, 2.24) is 4.90 Å². The standard InChI is InChI=1S/C15H13ClN2O2/c16-10-4-5-12-11(9-10)15(13-3-1-8-20-13)6-2-7-18(15)14(19)17-12/h1,3-5,8-9H,2,6-7H2,(H,17,19). The lowest BCUT2D eigenvalue weighted by molar-refractivity contribution is 0.159. The maximum Gasteiger partial charge on any atom is 0.322 e. The van der Waals surface area contributed by atoms with Crippen LogP contribution in [0.2, 0.25) is 5.02 Å². The van der Waals surface area contributed by atoms with Crippen LogP contribution < -0.4 is 5.32 Å². The van der Waals surface area contributed by atoms with Crippen molar-refractivity contribution in [3.05, 3.63) is 52.9 Å². The van der Waals surface area contributed by atoms with E-state index in [0.717, 1.165) is 36.4 Å². The van der Waals surface area contributed by atoms with Gasteiger partial charge >= 0.3 is 6.03 Å². The van der Waals surface area contributed by atoms with Gasteiger partial charge in [0, 0.05) is 22.8 Å². The lowest BCUT2D eigenvalue weighted by Gasteiger charge is -2.42. The summed E-state index contributed by atoms with van der Waals surface area (Å²) in [5.74, 6) is 0.799. The zero-order chi connectivity index (χ0) is 13.7. The minimum atomic E-state index is -0.522. The molecule has 2 aromatic rings. The number of halogens is 1. The van der Waals surface area contributed by atoms with E-state index in [1.807, 2.05) is 29.2 Å². The maximum absolute atomic E-state index is 12.4. The van der Waals surface area contributed by atoms with Gasteiger partial charge in [-0.25, -0.2) is 4.79 Å². The second-order valence-corrected chi connectivity index (χ2v) is 5.65. The van der Waals surface area contributed by atoms with Gasteiger partial charge in [0.25, 0.3) is 0 Å². The second-order valence-electron chi connectivity index (χ2n) is 5.21. The van der Waals surface area contributed by atoms with Crippen molar-refractivity contribution in [2.45, 2.75) is 18.4 Å². The predicted octanol–water partition coefficient (Wildman–Crippen LogP) is 3.82. The number of amides is 2. The van der Waals surface area contributed by atoms with E-state index in [1.165, 1.54) is 0 Å². The molecule has 1 atom stereocenters. The molecule has 0 radical (unpaired) electrons. The summed E-state index contributed by atoms with van der Waals surface area (Å²) in [6.45, 7) is 0.721. The number of hydrogen-bond donors (Lipinski definition) is 1. The van der Waals surface area contributed by atoms with E-state index in [0.29, 0.717) is 5.02 Å². The molecule has 0 saturated carbocycles. The molecule has 2 aliphatic heterocycles. The molecule has 3 heterocycles. The summed E-state index contributed by atoms with van der Waals surface area (Å²) in [5.41, 5.74) is 1.30. The van der Waals surface area contributed by atoms with Crippen molar-refractivity contribution >= 4 is 23.3 Å². The zero-order valence-corrected chi connectivity index (χ0v) is 11.5. The van der Waals surface area contributed by atoms with E-state index in [9.17, 15) is 4.79 Å². The van der Waals surface area contributed by atoms with Gasteiger partial charge in [-0.1, -0.05) is 11.6 Å². The molecule has 20 heavy (non-hydrogen) atoms. The van der Waals surface area contributed by atoms with Gasteiger partial charge in [0.05, 0.1) is 6.26 Å². The number of urea groups is 1. The summed E-state index contributed by atoms with van der Waals surface area (Å²) in [6, 6.07) is 9.29. The molecule has 2 aliphatic rings. The first-order valence-electron chi connectivity index (χ1n) is 6.64. The lowest BCUT2D eigenvalue weighted by Crippen LogP contribution is -2.51. The quantitative estimate of drug-likeness (QED) is 0.867. The molecule has 4 rings (SSSR count). The van der Waals surface area contributed by atoms with Crippen LogP contribution in [0.5, 0.6) is 0 Å². The minimum absolute atomic E-state index is 0.0753. The smallest absolute Gasteiger partial charge is 0.322 e. The van der Waals surface area contributed by atoms with E-state index >= 15 is 0 Å². The van der Waals surface area contributed by atoms with Gasteiger partial charge in [-0.3, -0.25) is 0 Å². The number of benzene rings is 1. The molecule has 0 aliphatic carbocycles. The highest BCUT2D eigenvalue weighted by atomic mass is 35.5. The molecule has 102 valence electrons. The van der Waals surface area contributed by atoms with E-state index in [1.54, 1.807) is 12.3 Å². The Morgan fingerprint density at radius 2 is 2.25 bits per heavy atom. The van der Waals surface area contributed by atoms with Gasteiger partial charge in [-0.15, -0.1) is 0 Å². The van der Waals surface area contributed by atoms with Gasteiger partial charge in [-0.2, -0.15) is 0 Å². The Bertz CT molecular complexity index is 683. The Labute approximate surface area is 121 Å². The number of rotatable bonds is 1. The van der Waals surface area contributed by atoms with Crippen molar-refractivity contribution in [1.29, 1.82) is 0 Å². The third kappa shape index (κ3) is 1.40. The summed E-state index contributed by atoms with van der Waals surface area (Å²) >= 11 is 6.16. The third-order valence-electron chi connectivity index (χ3n) is 4.22. The topological polar surface area (TPSA) is 45.5 Å².